The Bertz CT molecular complexity index is 994. The van der Waals surface area contributed by atoms with Crippen LogP contribution in [0, 0.1) is 5.41 Å². The van der Waals surface area contributed by atoms with E-state index in [1.54, 1.807) is 4.90 Å². The average Bonchev–Trinajstić information content (AvgIpc) is 3.25. The molecule has 0 atom stereocenters. The number of fused-ring (bicyclic) bond motifs is 1. The second-order valence-electron chi connectivity index (χ2n) is 12.1. The van der Waals surface area contributed by atoms with E-state index < -0.39 is 25.6 Å². The molecule has 2 aliphatic heterocycles. The van der Waals surface area contributed by atoms with Gasteiger partial charge in [0.1, 0.15) is 17.4 Å². The molecule has 5 rings (SSSR count). The standard InChI is InChI=1S/C28H37NO4Si/c1-25(2,3)33-24(31)29-19-27(17-28(29,18-27)20-30)21-32-34(26(4,5)6,22-13-9-7-10-14-22)23-15-11-8-12-16-23/h7-16,20H,17-19,21H2,1-6H3. The second kappa shape index (κ2) is 8.35. The maximum absolute atomic E-state index is 12.9. The Balaban J connectivity index is 1.66. The summed E-state index contributed by atoms with van der Waals surface area (Å²) in [6, 6.07) is 21.1. The van der Waals surface area contributed by atoms with Gasteiger partial charge in [-0.1, -0.05) is 81.4 Å². The summed E-state index contributed by atoms with van der Waals surface area (Å²) in [7, 11) is -2.68. The summed E-state index contributed by atoms with van der Waals surface area (Å²) in [5.41, 5.74) is -1.60. The zero-order valence-corrected chi connectivity index (χ0v) is 22.3. The zero-order valence-electron chi connectivity index (χ0n) is 21.3. The Morgan fingerprint density at radius 1 is 0.941 bits per heavy atom. The molecule has 6 heteroatoms. The largest absolute Gasteiger partial charge is 0.444 e. The van der Waals surface area contributed by atoms with Gasteiger partial charge in [0.2, 0.25) is 0 Å². The highest BCUT2D eigenvalue weighted by atomic mass is 28.4. The van der Waals surface area contributed by atoms with Gasteiger partial charge in [0.05, 0.1) is 0 Å². The molecule has 0 unspecified atom stereocenters. The molecule has 0 N–H and O–H groups in total. The fourth-order valence-corrected chi connectivity index (χ4v) is 10.6. The van der Waals surface area contributed by atoms with Gasteiger partial charge in [-0.3, -0.25) is 4.90 Å². The summed E-state index contributed by atoms with van der Waals surface area (Å²) < 4.78 is 12.8. The first-order valence-electron chi connectivity index (χ1n) is 12.1. The molecule has 3 aliphatic rings. The normalized spacial score (nSPS) is 24.5. The number of carbonyl (C=O) groups is 2. The molecule has 1 amide bonds. The zero-order chi connectivity index (χ0) is 24.8. The number of ether oxygens (including phenoxy) is 1. The van der Waals surface area contributed by atoms with Crippen LogP contribution in [0.1, 0.15) is 54.4 Å². The van der Waals surface area contributed by atoms with E-state index in [1.807, 2.05) is 32.9 Å². The highest BCUT2D eigenvalue weighted by Gasteiger charge is 2.68. The molecule has 0 spiro atoms. The number of hydrogen-bond donors (Lipinski definition) is 0. The third-order valence-corrected chi connectivity index (χ3v) is 12.2. The van der Waals surface area contributed by atoms with E-state index >= 15 is 0 Å². The third-order valence-electron chi connectivity index (χ3n) is 7.24. The van der Waals surface area contributed by atoms with Gasteiger partial charge in [-0.25, -0.2) is 4.79 Å². The Morgan fingerprint density at radius 2 is 1.44 bits per heavy atom. The SMILES string of the molecule is CC(C)(C)OC(=O)N1CC2(CO[Si](c3ccccc3)(c3ccccc3)C(C)(C)C)CC1(C=O)C2. The van der Waals surface area contributed by atoms with E-state index in [4.69, 9.17) is 9.16 Å². The monoisotopic (exact) mass is 479 g/mol. The molecule has 0 aromatic heterocycles. The van der Waals surface area contributed by atoms with Crippen LogP contribution >= 0.6 is 0 Å². The minimum absolute atomic E-state index is 0.124. The van der Waals surface area contributed by atoms with E-state index in [-0.39, 0.29) is 10.5 Å². The van der Waals surface area contributed by atoms with Crippen molar-refractivity contribution in [2.45, 2.75) is 70.6 Å². The lowest BCUT2D eigenvalue weighted by Gasteiger charge is -2.48. The third kappa shape index (κ3) is 4.11. The summed E-state index contributed by atoms with van der Waals surface area (Å²) in [6.07, 6.45) is 1.77. The molecule has 3 fully saturated rings. The maximum Gasteiger partial charge on any atom is 0.411 e. The molecule has 2 aromatic rings. The molecule has 0 radical (unpaired) electrons. The van der Waals surface area contributed by atoms with Crippen molar-refractivity contribution < 1.29 is 18.8 Å². The van der Waals surface area contributed by atoms with E-state index in [9.17, 15) is 9.59 Å². The van der Waals surface area contributed by atoms with Gasteiger partial charge in [-0.05, 0) is 49.0 Å². The van der Waals surface area contributed by atoms with Crippen molar-refractivity contribution in [1.82, 2.24) is 4.90 Å². The van der Waals surface area contributed by atoms with Crippen LogP contribution in [-0.2, 0) is 14.0 Å². The number of aldehydes is 1. The number of amides is 1. The molecule has 1 saturated carbocycles. The minimum atomic E-state index is -2.68. The molecule has 2 aromatic carbocycles. The highest BCUT2D eigenvalue weighted by molar-refractivity contribution is 6.99. The van der Waals surface area contributed by atoms with Gasteiger partial charge < -0.3 is 14.0 Å². The van der Waals surface area contributed by atoms with E-state index in [0.29, 0.717) is 26.0 Å². The first kappa shape index (κ1) is 24.7. The van der Waals surface area contributed by atoms with Crippen molar-refractivity contribution in [1.29, 1.82) is 0 Å². The van der Waals surface area contributed by atoms with E-state index in [0.717, 1.165) is 6.29 Å². The fraction of sp³-hybridized carbons (Fsp3) is 0.500. The predicted molar refractivity (Wildman–Crippen MR) is 137 cm³/mol. The van der Waals surface area contributed by atoms with Crippen LogP contribution in [0.25, 0.3) is 0 Å². The number of benzene rings is 2. The van der Waals surface area contributed by atoms with Crippen molar-refractivity contribution in [2.24, 2.45) is 5.41 Å². The lowest BCUT2D eigenvalue weighted by Crippen LogP contribution is -2.67. The second-order valence-corrected chi connectivity index (χ2v) is 16.4. The number of hydrogen-bond acceptors (Lipinski definition) is 4. The van der Waals surface area contributed by atoms with Gasteiger partial charge in [0.15, 0.2) is 0 Å². The Kier molecular flexibility index (Phi) is 6.06. The number of rotatable bonds is 6. The quantitative estimate of drug-likeness (QED) is 0.451. The molecule has 2 heterocycles. The van der Waals surface area contributed by atoms with Crippen molar-refractivity contribution >= 4 is 31.1 Å². The molecular formula is C28H37NO4Si. The first-order chi connectivity index (χ1) is 15.9. The fourth-order valence-electron chi connectivity index (χ4n) is 5.92. The summed E-state index contributed by atoms with van der Waals surface area (Å²) in [6.45, 7) is 13.3. The summed E-state index contributed by atoms with van der Waals surface area (Å²) in [5, 5.41) is 2.34. The lowest BCUT2D eigenvalue weighted by atomic mass is 9.63. The van der Waals surface area contributed by atoms with Gasteiger partial charge in [0, 0.05) is 18.6 Å². The van der Waals surface area contributed by atoms with E-state index in [2.05, 4.69) is 69.3 Å². The number of carbonyl (C=O) groups excluding carboxylic acids is 2. The van der Waals surface area contributed by atoms with Gasteiger partial charge in [-0.15, -0.1) is 0 Å². The molecule has 5 nitrogen and oxygen atoms in total. The molecular weight excluding hydrogens is 442 g/mol. The van der Waals surface area contributed by atoms with Gasteiger partial charge in [-0.2, -0.15) is 0 Å². The minimum Gasteiger partial charge on any atom is -0.444 e. The van der Waals surface area contributed by atoms with Crippen LogP contribution in [0.15, 0.2) is 60.7 Å². The van der Waals surface area contributed by atoms with Gasteiger partial charge >= 0.3 is 6.09 Å². The molecule has 2 bridgehead atoms. The average molecular weight is 480 g/mol. The molecule has 2 saturated heterocycles. The topological polar surface area (TPSA) is 55.8 Å². The van der Waals surface area contributed by atoms with Crippen LogP contribution in [-0.4, -0.2) is 49.9 Å². The van der Waals surface area contributed by atoms with Crippen LogP contribution in [0.3, 0.4) is 0 Å². The summed E-state index contributed by atoms with van der Waals surface area (Å²) in [5.74, 6) is 0. The van der Waals surface area contributed by atoms with Crippen molar-refractivity contribution in [3.63, 3.8) is 0 Å². The van der Waals surface area contributed by atoms with Crippen molar-refractivity contribution in [3.8, 4) is 0 Å². The van der Waals surface area contributed by atoms with Crippen molar-refractivity contribution in [3.05, 3.63) is 60.7 Å². The Hall–Kier alpha value is -2.44. The summed E-state index contributed by atoms with van der Waals surface area (Å²) >= 11 is 0. The lowest BCUT2D eigenvalue weighted by molar-refractivity contribution is -0.121. The molecule has 182 valence electrons. The molecule has 1 aliphatic carbocycles. The Labute approximate surface area is 204 Å². The predicted octanol–water partition coefficient (Wildman–Crippen LogP) is 4.53. The maximum atomic E-state index is 12.9. The first-order valence-corrected chi connectivity index (χ1v) is 14.0. The van der Waals surface area contributed by atoms with Crippen LogP contribution in [0.5, 0.6) is 0 Å². The number of nitrogens with zero attached hydrogens (tertiary/aromatic N) is 1. The summed E-state index contributed by atoms with van der Waals surface area (Å²) in [4.78, 5) is 26.7. The van der Waals surface area contributed by atoms with Crippen molar-refractivity contribution in [2.75, 3.05) is 13.2 Å². The molecule has 34 heavy (non-hydrogen) atoms. The highest BCUT2D eigenvalue weighted by Crippen LogP contribution is 2.59. The van der Waals surface area contributed by atoms with Crippen LogP contribution < -0.4 is 10.4 Å². The van der Waals surface area contributed by atoms with E-state index in [1.165, 1.54) is 10.4 Å². The van der Waals surface area contributed by atoms with Gasteiger partial charge in [0.25, 0.3) is 8.32 Å². The smallest absolute Gasteiger partial charge is 0.411 e. The van der Waals surface area contributed by atoms with Crippen LogP contribution in [0.4, 0.5) is 4.79 Å². The van der Waals surface area contributed by atoms with Crippen LogP contribution in [0.2, 0.25) is 5.04 Å². The Morgan fingerprint density at radius 3 is 1.85 bits per heavy atom.